The highest BCUT2D eigenvalue weighted by molar-refractivity contribution is 7.07. The van der Waals surface area contributed by atoms with Crippen molar-refractivity contribution >= 4 is 17.2 Å². The Kier molecular flexibility index (Phi) is 4.61. The minimum Gasteiger partial charge on any atom is -0.342 e. The van der Waals surface area contributed by atoms with Gasteiger partial charge in [0.25, 0.3) is 0 Å². The standard InChI is InChI=1S/C15H20N4O3S/c1-10-9-23-15(21)19(10)7-5-13(20)18-6-3-4-12(8-18)14-16-11(2)17-22-14/h9,12H,3-8H2,1-2H3. The van der Waals surface area contributed by atoms with Crippen molar-refractivity contribution in [3.05, 3.63) is 32.5 Å². The van der Waals surface area contributed by atoms with Crippen molar-refractivity contribution in [1.82, 2.24) is 19.6 Å². The van der Waals surface area contributed by atoms with Crippen LogP contribution in [0.25, 0.3) is 0 Å². The number of amides is 1. The highest BCUT2D eigenvalue weighted by atomic mass is 32.1. The van der Waals surface area contributed by atoms with Crippen molar-refractivity contribution in [2.45, 2.75) is 45.6 Å². The fourth-order valence-electron chi connectivity index (χ4n) is 2.92. The summed E-state index contributed by atoms with van der Waals surface area (Å²) >= 11 is 1.17. The lowest BCUT2D eigenvalue weighted by Gasteiger charge is -2.31. The minimum absolute atomic E-state index is 0.00634. The highest BCUT2D eigenvalue weighted by Crippen LogP contribution is 2.26. The van der Waals surface area contributed by atoms with E-state index in [2.05, 4.69) is 10.1 Å². The largest absolute Gasteiger partial charge is 0.342 e. The van der Waals surface area contributed by atoms with E-state index in [0.717, 1.165) is 25.1 Å². The third-order valence-electron chi connectivity index (χ3n) is 4.19. The lowest BCUT2D eigenvalue weighted by molar-refractivity contribution is -0.132. The smallest absolute Gasteiger partial charge is 0.307 e. The van der Waals surface area contributed by atoms with Crippen LogP contribution in [0, 0.1) is 13.8 Å². The van der Waals surface area contributed by atoms with Crippen LogP contribution in [0.3, 0.4) is 0 Å². The molecule has 124 valence electrons. The molecule has 1 atom stereocenters. The molecular formula is C15H20N4O3S. The van der Waals surface area contributed by atoms with Gasteiger partial charge in [-0.05, 0) is 26.7 Å². The van der Waals surface area contributed by atoms with Crippen LogP contribution in [0.4, 0.5) is 0 Å². The molecule has 0 N–H and O–H groups in total. The van der Waals surface area contributed by atoms with Gasteiger partial charge in [0.2, 0.25) is 11.8 Å². The first-order valence-corrected chi connectivity index (χ1v) is 8.65. The Morgan fingerprint density at radius 1 is 1.48 bits per heavy atom. The van der Waals surface area contributed by atoms with Crippen molar-refractivity contribution < 1.29 is 9.32 Å². The zero-order chi connectivity index (χ0) is 16.4. The average Bonchev–Trinajstić information content (AvgIpc) is 3.12. The van der Waals surface area contributed by atoms with Gasteiger partial charge in [-0.1, -0.05) is 16.5 Å². The summed E-state index contributed by atoms with van der Waals surface area (Å²) in [5.74, 6) is 1.42. The molecule has 0 radical (unpaired) electrons. The van der Waals surface area contributed by atoms with Crippen molar-refractivity contribution in [1.29, 1.82) is 0 Å². The van der Waals surface area contributed by atoms with Gasteiger partial charge >= 0.3 is 4.87 Å². The van der Waals surface area contributed by atoms with Crippen LogP contribution in [0.15, 0.2) is 14.7 Å². The molecule has 0 aromatic carbocycles. The van der Waals surface area contributed by atoms with Gasteiger partial charge in [-0.3, -0.25) is 9.59 Å². The second kappa shape index (κ2) is 6.66. The molecule has 0 aliphatic carbocycles. The Bertz CT molecular complexity index is 748. The molecule has 1 aliphatic heterocycles. The van der Waals surface area contributed by atoms with Crippen LogP contribution in [0.2, 0.25) is 0 Å². The number of carbonyl (C=O) groups excluding carboxylic acids is 1. The van der Waals surface area contributed by atoms with Crippen molar-refractivity contribution in [2.24, 2.45) is 0 Å². The van der Waals surface area contributed by atoms with Crippen LogP contribution in [0.1, 0.15) is 42.6 Å². The van der Waals surface area contributed by atoms with E-state index in [0.29, 0.717) is 31.2 Å². The van der Waals surface area contributed by atoms with Crippen LogP contribution in [0.5, 0.6) is 0 Å². The van der Waals surface area contributed by atoms with E-state index in [1.807, 2.05) is 17.2 Å². The summed E-state index contributed by atoms with van der Waals surface area (Å²) in [6.45, 7) is 5.47. The normalized spacial score (nSPS) is 18.3. The van der Waals surface area contributed by atoms with E-state index >= 15 is 0 Å². The summed E-state index contributed by atoms with van der Waals surface area (Å²) < 4.78 is 6.90. The molecule has 1 amide bonds. The zero-order valence-corrected chi connectivity index (χ0v) is 14.1. The van der Waals surface area contributed by atoms with Gasteiger partial charge in [-0.2, -0.15) is 4.98 Å². The summed E-state index contributed by atoms with van der Waals surface area (Å²) in [5, 5.41) is 5.65. The molecule has 0 spiro atoms. The Balaban J connectivity index is 1.60. The summed E-state index contributed by atoms with van der Waals surface area (Å²) in [4.78, 5) is 30.3. The first kappa shape index (κ1) is 15.9. The number of thiazole rings is 1. The highest BCUT2D eigenvalue weighted by Gasteiger charge is 2.28. The number of hydrogen-bond donors (Lipinski definition) is 0. The number of likely N-dealkylation sites (tertiary alicyclic amines) is 1. The van der Waals surface area contributed by atoms with Crippen LogP contribution >= 0.6 is 11.3 Å². The van der Waals surface area contributed by atoms with E-state index < -0.39 is 0 Å². The molecule has 1 aliphatic rings. The molecule has 3 heterocycles. The summed E-state index contributed by atoms with van der Waals surface area (Å²) in [6.07, 6.45) is 2.22. The van der Waals surface area contributed by atoms with Gasteiger partial charge in [0, 0.05) is 37.1 Å². The number of carbonyl (C=O) groups is 1. The number of piperidine rings is 1. The average molecular weight is 336 g/mol. The fraction of sp³-hybridized carbons (Fsp3) is 0.600. The summed E-state index contributed by atoms with van der Waals surface area (Å²) in [5.41, 5.74) is 0.908. The van der Waals surface area contributed by atoms with E-state index in [4.69, 9.17) is 4.52 Å². The van der Waals surface area contributed by atoms with Gasteiger partial charge in [-0.15, -0.1) is 0 Å². The number of aryl methyl sites for hydroxylation is 2. The lowest BCUT2D eigenvalue weighted by Crippen LogP contribution is -2.39. The predicted octanol–water partition coefficient (Wildman–Crippen LogP) is 1.71. The maximum absolute atomic E-state index is 12.4. The molecule has 0 bridgehead atoms. The molecular weight excluding hydrogens is 316 g/mol. The first-order chi connectivity index (χ1) is 11.0. The summed E-state index contributed by atoms with van der Waals surface area (Å²) in [6, 6.07) is 0. The number of nitrogens with zero attached hydrogens (tertiary/aromatic N) is 4. The third-order valence-corrected chi connectivity index (χ3v) is 5.07. The SMILES string of the molecule is Cc1noc(C2CCCN(C(=O)CCn3c(C)csc3=O)C2)n1. The number of aromatic nitrogens is 3. The van der Waals surface area contributed by atoms with Gasteiger partial charge < -0.3 is 14.0 Å². The Hall–Kier alpha value is -1.96. The van der Waals surface area contributed by atoms with E-state index in [9.17, 15) is 9.59 Å². The predicted molar refractivity (Wildman–Crippen MR) is 85.5 cm³/mol. The van der Waals surface area contributed by atoms with Crippen molar-refractivity contribution in [3.8, 4) is 0 Å². The molecule has 1 saturated heterocycles. The number of hydrogen-bond acceptors (Lipinski definition) is 6. The third kappa shape index (κ3) is 3.52. The molecule has 0 saturated carbocycles. The van der Waals surface area contributed by atoms with Crippen LogP contribution < -0.4 is 4.87 Å². The van der Waals surface area contributed by atoms with Crippen LogP contribution in [-0.2, 0) is 11.3 Å². The van der Waals surface area contributed by atoms with Gasteiger partial charge in [0.1, 0.15) is 0 Å². The summed E-state index contributed by atoms with van der Waals surface area (Å²) in [7, 11) is 0. The van der Waals surface area contributed by atoms with Crippen molar-refractivity contribution in [2.75, 3.05) is 13.1 Å². The molecule has 2 aromatic rings. The first-order valence-electron chi connectivity index (χ1n) is 7.77. The van der Waals surface area contributed by atoms with Gasteiger partial charge in [-0.25, -0.2) is 0 Å². The van der Waals surface area contributed by atoms with E-state index in [1.54, 1.807) is 11.5 Å². The monoisotopic (exact) mass is 336 g/mol. The molecule has 1 unspecified atom stereocenters. The molecule has 8 heteroatoms. The maximum Gasteiger partial charge on any atom is 0.307 e. The second-order valence-electron chi connectivity index (χ2n) is 5.90. The molecule has 3 rings (SSSR count). The lowest BCUT2D eigenvalue weighted by atomic mass is 9.97. The number of rotatable bonds is 4. The minimum atomic E-state index is -0.00634. The maximum atomic E-state index is 12.4. The van der Waals surface area contributed by atoms with E-state index in [-0.39, 0.29) is 16.7 Å². The molecule has 2 aromatic heterocycles. The van der Waals surface area contributed by atoms with Gasteiger partial charge in [0.05, 0.1) is 5.92 Å². The quantitative estimate of drug-likeness (QED) is 0.849. The topological polar surface area (TPSA) is 81.2 Å². The Morgan fingerprint density at radius 3 is 2.96 bits per heavy atom. The Labute approximate surface area is 137 Å². The van der Waals surface area contributed by atoms with Crippen molar-refractivity contribution in [3.63, 3.8) is 0 Å². The fourth-order valence-corrected chi connectivity index (χ4v) is 3.69. The molecule has 7 nitrogen and oxygen atoms in total. The second-order valence-corrected chi connectivity index (χ2v) is 6.72. The molecule has 1 fully saturated rings. The zero-order valence-electron chi connectivity index (χ0n) is 13.3. The van der Waals surface area contributed by atoms with E-state index in [1.165, 1.54) is 11.3 Å². The Morgan fingerprint density at radius 2 is 2.30 bits per heavy atom. The van der Waals surface area contributed by atoms with Crippen LogP contribution in [-0.4, -0.2) is 38.6 Å². The molecule has 23 heavy (non-hydrogen) atoms. The van der Waals surface area contributed by atoms with Gasteiger partial charge in [0.15, 0.2) is 5.82 Å².